The third kappa shape index (κ3) is 4.27. The standard InChI is InChI=1S/C16H19N3OS/c1-2-4-14(5-3-1)15-12-16(18-13-17-15)21-11-8-19-6-9-20-10-7-19/h1-5,12-13H,6-11H2. The molecule has 5 heteroatoms. The smallest absolute Gasteiger partial charge is 0.117 e. The zero-order valence-electron chi connectivity index (χ0n) is 11.9. The maximum atomic E-state index is 5.36. The molecule has 2 heterocycles. The van der Waals surface area contributed by atoms with Crippen LogP contribution in [0.4, 0.5) is 0 Å². The van der Waals surface area contributed by atoms with E-state index in [1.807, 2.05) is 18.2 Å². The van der Waals surface area contributed by atoms with Gasteiger partial charge in [0.05, 0.1) is 18.9 Å². The SMILES string of the molecule is c1ccc(-c2cc(SCCN3CCOCC3)ncn2)cc1. The molecule has 1 fully saturated rings. The molecule has 0 N–H and O–H groups in total. The number of hydrogen-bond donors (Lipinski definition) is 0. The van der Waals surface area contributed by atoms with Crippen molar-refractivity contribution in [2.75, 3.05) is 38.6 Å². The first kappa shape index (κ1) is 14.5. The first-order chi connectivity index (χ1) is 10.4. The zero-order valence-corrected chi connectivity index (χ0v) is 12.8. The minimum atomic E-state index is 0.857. The van der Waals surface area contributed by atoms with E-state index in [2.05, 4.69) is 33.1 Å². The van der Waals surface area contributed by atoms with Crippen molar-refractivity contribution in [3.63, 3.8) is 0 Å². The predicted molar refractivity (Wildman–Crippen MR) is 85.5 cm³/mol. The Morgan fingerprint density at radius 2 is 1.90 bits per heavy atom. The van der Waals surface area contributed by atoms with Crippen LogP contribution in [-0.4, -0.2) is 53.5 Å². The Balaban J connectivity index is 1.56. The van der Waals surface area contributed by atoms with Crippen LogP contribution in [0.5, 0.6) is 0 Å². The number of hydrogen-bond acceptors (Lipinski definition) is 5. The Morgan fingerprint density at radius 1 is 1.10 bits per heavy atom. The van der Waals surface area contributed by atoms with Gasteiger partial charge in [-0.15, -0.1) is 11.8 Å². The number of rotatable bonds is 5. The Labute approximate surface area is 129 Å². The predicted octanol–water partition coefficient (Wildman–Crippen LogP) is 2.57. The fourth-order valence-electron chi connectivity index (χ4n) is 2.29. The summed E-state index contributed by atoms with van der Waals surface area (Å²) in [5.74, 6) is 1.05. The molecule has 1 aromatic carbocycles. The van der Waals surface area contributed by atoms with E-state index in [1.54, 1.807) is 18.1 Å². The molecular formula is C16H19N3OS. The Hall–Kier alpha value is -1.43. The van der Waals surface area contributed by atoms with Crippen LogP contribution in [-0.2, 0) is 4.74 Å². The maximum Gasteiger partial charge on any atom is 0.117 e. The highest BCUT2D eigenvalue weighted by atomic mass is 32.2. The van der Waals surface area contributed by atoms with Gasteiger partial charge in [-0.3, -0.25) is 4.90 Å². The van der Waals surface area contributed by atoms with Crippen molar-refractivity contribution in [3.8, 4) is 11.3 Å². The highest BCUT2D eigenvalue weighted by Gasteiger charge is 2.10. The van der Waals surface area contributed by atoms with Gasteiger partial charge in [-0.1, -0.05) is 30.3 Å². The van der Waals surface area contributed by atoms with Crippen molar-refractivity contribution in [3.05, 3.63) is 42.7 Å². The number of thioether (sulfide) groups is 1. The molecule has 0 unspecified atom stereocenters. The first-order valence-electron chi connectivity index (χ1n) is 7.22. The molecule has 1 aliphatic heterocycles. The number of aromatic nitrogens is 2. The van der Waals surface area contributed by atoms with Crippen molar-refractivity contribution in [1.29, 1.82) is 0 Å². The van der Waals surface area contributed by atoms with Crippen molar-refractivity contribution in [2.45, 2.75) is 5.03 Å². The van der Waals surface area contributed by atoms with Crippen molar-refractivity contribution >= 4 is 11.8 Å². The fourth-order valence-corrected chi connectivity index (χ4v) is 3.16. The summed E-state index contributed by atoms with van der Waals surface area (Å²) in [4.78, 5) is 11.2. The Kier molecular flexibility index (Phi) is 5.21. The van der Waals surface area contributed by atoms with Gasteiger partial charge in [-0.05, 0) is 6.07 Å². The van der Waals surface area contributed by atoms with Gasteiger partial charge in [-0.2, -0.15) is 0 Å². The van der Waals surface area contributed by atoms with Crippen LogP contribution in [0.15, 0.2) is 47.8 Å². The fraction of sp³-hybridized carbons (Fsp3) is 0.375. The van der Waals surface area contributed by atoms with Crippen molar-refractivity contribution in [1.82, 2.24) is 14.9 Å². The molecule has 1 aliphatic rings. The average molecular weight is 301 g/mol. The summed E-state index contributed by atoms with van der Waals surface area (Å²) in [7, 11) is 0. The van der Waals surface area contributed by atoms with Gasteiger partial charge in [0.25, 0.3) is 0 Å². The number of benzene rings is 1. The van der Waals surface area contributed by atoms with E-state index in [1.165, 1.54) is 0 Å². The van der Waals surface area contributed by atoms with Gasteiger partial charge >= 0.3 is 0 Å². The van der Waals surface area contributed by atoms with E-state index >= 15 is 0 Å². The van der Waals surface area contributed by atoms with E-state index in [4.69, 9.17) is 4.74 Å². The summed E-state index contributed by atoms with van der Waals surface area (Å²) in [6, 6.07) is 12.3. The van der Waals surface area contributed by atoms with Gasteiger partial charge in [0.15, 0.2) is 0 Å². The molecule has 4 nitrogen and oxygen atoms in total. The Bertz CT molecular complexity index is 558. The Morgan fingerprint density at radius 3 is 2.71 bits per heavy atom. The quantitative estimate of drug-likeness (QED) is 0.627. The van der Waals surface area contributed by atoms with Crippen LogP contribution in [0.3, 0.4) is 0 Å². The topological polar surface area (TPSA) is 38.2 Å². The molecule has 110 valence electrons. The maximum absolute atomic E-state index is 5.36. The van der Waals surface area contributed by atoms with E-state index < -0.39 is 0 Å². The molecule has 2 aromatic rings. The molecule has 0 aliphatic carbocycles. The number of nitrogens with zero attached hydrogens (tertiary/aromatic N) is 3. The van der Waals surface area contributed by atoms with E-state index in [0.29, 0.717) is 0 Å². The summed E-state index contributed by atoms with van der Waals surface area (Å²) in [5, 5.41) is 1.04. The third-order valence-corrected chi connectivity index (χ3v) is 4.38. The molecule has 0 radical (unpaired) electrons. The first-order valence-corrected chi connectivity index (χ1v) is 8.21. The lowest BCUT2D eigenvalue weighted by Crippen LogP contribution is -2.37. The summed E-state index contributed by atoms with van der Waals surface area (Å²) in [6.07, 6.45) is 1.65. The second-order valence-electron chi connectivity index (χ2n) is 4.91. The minimum Gasteiger partial charge on any atom is -0.379 e. The van der Waals surface area contributed by atoms with Crippen LogP contribution in [0.25, 0.3) is 11.3 Å². The van der Waals surface area contributed by atoms with Crippen molar-refractivity contribution < 1.29 is 4.74 Å². The van der Waals surface area contributed by atoms with E-state index in [-0.39, 0.29) is 0 Å². The highest BCUT2D eigenvalue weighted by molar-refractivity contribution is 7.99. The van der Waals surface area contributed by atoms with Crippen LogP contribution in [0, 0.1) is 0 Å². The van der Waals surface area contributed by atoms with Crippen LogP contribution in [0.2, 0.25) is 0 Å². The second kappa shape index (κ2) is 7.54. The lowest BCUT2D eigenvalue weighted by atomic mass is 10.1. The minimum absolute atomic E-state index is 0.857. The molecule has 1 saturated heterocycles. The number of morpholine rings is 1. The summed E-state index contributed by atoms with van der Waals surface area (Å²) in [5.41, 5.74) is 2.12. The van der Waals surface area contributed by atoms with Crippen molar-refractivity contribution in [2.24, 2.45) is 0 Å². The van der Waals surface area contributed by atoms with E-state index in [0.717, 1.165) is 54.9 Å². The summed E-state index contributed by atoms with van der Waals surface area (Å²) < 4.78 is 5.36. The molecule has 1 aromatic heterocycles. The largest absolute Gasteiger partial charge is 0.379 e. The molecule has 0 saturated carbocycles. The lowest BCUT2D eigenvalue weighted by Gasteiger charge is -2.26. The number of ether oxygens (including phenoxy) is 1. The second-order valence-corrected chi connectivity index (χ2v) is 6.03. The molecular weight excluding hydrogens is 282 g/mol. The van der Waals surface area contributed by atoms with Crippen LogP contribution < -0.4 is 0 Å². The molecule has 0 amide bonds. The summed E-state index contributed by atoms with van der Waals surface area (Å²) >= 11 is 1.79. The van der Waals surface area contributed by atoms with Crippen LogP contribution in [0.1, 0.15) is 0 Å². The highest BCUT2D eigenvalue weighted by Crippen LogP contribution is 2.21. The molecule has 0 spiro atoms. The monoisotopic (exact) mass is 301 g/mol. The van der Waals surface area contributed by atoms with Gasteiger partial charge in [0.1, 0.15) is 11.4 Å². The van der Waals surface area contributed by atoms with E-state index in [9.17, 15) is 0 Å². The average Bonchev–Trinajstić information content (AvgIpc) is 2.57. The van der Waals surface area contributed by atoms with Gasteiger partial charge in [0.2, 0.25) is 0 Å². The third-order valence-electron chi connectivity index (χ3n) is 3.47. The molecule has 3 rings (SSSR count). The molecule has 21 heavy (non-hydrogen) atoms. The van der Waals surface area contributed by atoms with Gasteiger partial charge in [-0.25, -0.2) is 9.97 Å². The normalized spacial score (nSPS) is 16.0. The van der Waals surface area contributed by atoms with Gasteiger partial charge < -0.3 is 4.74 Å². The molecule has 0 bridgehead atoms. The van der Waals surface area contributed by atoms with Crippen LogP contribution >= 0.6 is 11.8 Å². The summed E-state index contributed by atoms with van der Waals surface area (Å²) in [6.45, 7) is 4.88. The van der Waals surface area contributed by atoms with Gasteiger partial charge in [0, 0.05) is 31.0 Å². The zero-order chi connectivity index (χ0) is 14.3. The molecule has 0 atom stereocenters. The lowest BCUT2D eigenvalue weighted by molar-refractivity contribution is 0.0410.